The minimum absolute atomic E-state index is 0.0463. The first-order valence-electron chi connectivity index (χ1n) is 6.11. The number of halogens is 2. The predicted octanol–water partition coefficient (Wildman–Crippen LogP) is 3.45. The van der Waals surface area contributed by atoms with Gasteiger partial charge in [0.25, 0.3) is 0 Å². The Morgan fingerprint density at radius 1 is 1.43 bits per heavy atom. The Labute approximate surface area is 125 Å². The molecule has 1 aromatic heterocycles. The van der Waals surface area contributed by atoms with Crippen molar-refractivity contribution >= 4 is 23.1 Å². The molecule has 0 saturated carbocycles. The number of rotatable bonds is 2. The van der Waals surface area contributed by atoms with Gasteiger partial charge in [-0.2, -0.15) is 5.10 Å². The van der Waals surface area contributed by atoms with Crippen LogP contribution in [-0.2, 0) is 5.41 Å². The summed E-state index contributed by atoms with van der Waals surface area (Å²) in [7, 11) is 0. The third kappa shape index (κ3) is 2.69. The number of hydrogen-bond acceptors (Lipinski definition) is 4. The molecule has 21 heavy (non-hydrogen) atoms. The van der Waals surface area contributed by atoms with Gasteiger partial charge < -0.3 is 5.73 Å². The van der Waals surface area contributed by atoms with Gasteiger partial charge in [0, 0.05) is 11.5 Å². The van der Waals surface area contributed by atoms with E-state index in [0.29, 0.717) is 0 Å². The number of aromatic nitrogens is 2. The molecule has 0 aliphatic heterocycles. The van der Waals surface area contributed by atoms with E-state index in [0.717, 1.165) is 10.7 Å². The van der Waals surface area contributed by atoms with Crippen molar-refractivity contribution in [2.45, 2.75) is 26.2 Å². The Hall–Kier alpha value is -2.15. The molecule has 0 saturated heterocycles. The Morgan fingerprint density at radius 2 is 2.05 bits per heavy atom. The van der Waals surface area contributed by atoms with E-state index in [-0.39, 0.29) is 27.9 Å². The van der Waals surface area contributed by atoms with Gasteiger partial charge in [-0.25, -0.2) is 9.07 Å². The summed E-state index contributed by atoms with van der Waals surface area (Å²) in [5.41, 5.74) is 5.49. The zero-order valence-corrected chi connectivity index (χ0v) is 12.5. The number of nitrogen functional groups attached to an aromatic ring is 1. The van der Waals surface area contributed by atoms with E-state index in [4.69, 9.17) is 17.3 Å². The maximum atomic E-state index is 13.5. The van der Waals surface area contributed by atoms with Crippen LogP contribution >= 0.6 is 11.6 Å². The van der Waals surface area contributed by atoms with Gasteiger partial charge in [0.15, 0.2) is 0 Å². The molecule has 112 valence electrons. The molecule has 0 atom stereocenters. The van der Waals surface area contributed by atoms with Crippen LogP contribution in [0.3, 0.4) is 0 Å². The van der Waals surface area contributed by atoms with E-state index in [9.17, 15) is 14.5 Å². The summed E-state index contributed by atoms with van der Waals surface area (Å²) in [6, 6.07) is 3.96. The molecular formula is C13H14ClFN4O2. The first-order valence-corrected chi connectivity index (χ1v) is 6.49. The molecule has 1 aromatic carbocycles. The summed E-state index contributed by atoms with van der Waals surface area (Å²) in [5, 5.41) is 15.4. The van der Waals surface area contributed by atoms with Crippen LogP contribution in [0.5, 0.6) is 0 Å². The fraction of sp³-hybridized carbons (Fsp3) is 0.308. The number of nitro groups is 1. The highest BCUT2D eigenvalue weighted by molar-refractivity contribution is 6.30. The minimum Gasteiger partial charge on any atom is -0.378 e. The van der Waals surface area contributed by atoms with Gasteiger partial charge in [-0.3, -0.25) is 10.1 Å². The molecule has 2 aromatic rings. The van der Waals surface area contributed by atoms with Crippen LogP contribution < -0.4 is 5.73 Å². The normalized spacial score (nSPS) is 11.7. The van der Waals surface area contributed by atoms with Gasteiger partial charge in [-0.05, 0) is 12.1 Å². The van der Waals surface area contributed by atoms with E-state index >= 15 is 0 Å². The average molecular weight is 313 g/mol. The van der Waals surface area contributed by atoms with Gasteiger partial charge in [-0.1, -0.05) is 32.4 Å². The SMILES string of the molecule is CC(C)(C)c1nn(-c2ccc(Cl)c(F)c2)c(N)c1[N+](=O)[O-]. The molecule has 8 heteroatoms. The van der Waals surface area contributed by atoms with Crippen molar-refractivity contribution < 1.29 is 9.31 Å². The number of benzene rings is 1. The Morgan fingerprint density at radius 3 is 2.48 bits per heavy atom. The quantitative estimate of drug-likeness (QED) is 0.679. The summed E-state index contributed by atoms with van der Waals surface area (Å²) < 4.78 is 14.7. The first-order chi connectivity index (χ1) is 9.62. The van der Waals surface area contributed by atoms with Crippen LogP contribution in [0.4, 0.5) is 15.9 Å². The molecule has 0 aliphatic rings. The molecule has 0 unspecified atom stereocenters. The summed E-state index contributed by atoms with van der Waals surface area (Å²) in [6.45, 7) is 5.36. The lowest BCUT2D eigenvalue weighted by atomic mass is 9.91. The van der Waals surface area contributed by atoms with Crippen LogP contribution in [0.1, 0.15) is 26.5 Å². The highest BCUT2D eigenvalue weighted by atomic mass is 35.5. The second-order valence-corrected chi connectivity index (χ2v) is 6.01. The van der Waals surface area contributed by atoms with E-state index in [1.54, 1.807) is 20.8 Å². The third-order valence-corrected chi connectivity index (χ3v) is 3.24. The minimum atomic E-state index is -0.649. The van der Waals surface area contributed by atoms with Gasteiger partial charge in [-0.15, -0.1) is 0 Å². The molecule has 0 bridgehead atoms. The number of anilines is 1. The van der Waals surface area contributed by atoms with E-state index in [1.165, 1.54) is 12.1 Å². The smallest absolute Gasteiger partial charge is 0.334 e. The highest BCUT2D eigenvalue weighted by Gasteiger charge is 2.34. The Balaban J connectivity index is 2.71. The van der Waals surface area contributed by atoms with Gasteiger partial charge in [0.05, 0.1) is 15.6 Å². The molecule has 2 rings (SSSR count). The fourth-order valence-corrected chi connectivity index (χ4v) is 2.04. The van der Waals surface area contributed by atoms with Gasteiger partial charge in [0.2, 0.25) is 5.82 Å². The molecule has 0 spiro atoms. The van der Waals surface area contributed by atoms with Crippen molar-refractivity contribution in [2.24, 2.45) is 0 Å². The fourth-order valence-electron chi connectivity index (χ4n) is 1.92. The van der Waals surface area contributed by atoms with Crippen LogP contribution in [0.2, 0.25) is 5.02 Å². The monoisotopic (exact) mass is 312 g/mol. The largest absolute Gasteiger partial charge is 0.378 e. The molecule has 0 aliphatic carbocycles. The zero-order chi connectivity index (χ0) is 15.9. The van der Waals surface area contributed by atoms with E-state index in [2.05, 4.69) is 5.10 Å². The first kappa shape index (κ1) is 15.2. The summed E-state index contributed by atoms with van der Waals surface area (Å²) in [4.78, 5) is 10.7. The van der Waals surface area contributed by atoms with Crippen LogP contribution in [-0.4, -0.2) is 14.7 Å². The molecule has 0 radical (unpaired) electrons. The van der Waals surface area contributed by atoms with Crippen molar-refractivity contribution in [3.63, 3.8) is 0 Å². The number of hydrogen-bond donors (Lipinski definition) is 1. The second kappa shape index (κ2) is 5.00. The van der Waals surface area contributed by atoms with Crippen LogP contribution in [0.15, 0.2) is 18.2 Å². The summed E-state index contributed by atoms with van der Waals surface area (Å²) >= 11 is 5.62. The average Bonchev–Trinajstić information content (AvgIpc) is 2.70. The van der Waals surface area contributed by atoms with Gasteiger partial charge >= 0.3 is 5.69 Å². The maximum Gasteiger partial charge on any atom is 0.334 e. The van der Waals surface area contributed by atoms with Crippen molar-refractivity contribution in [2.75, 3.05) is 5.73 Å². The Kier molecular flexibility index (Phi) is 3.63. The second-order valence-electron chi connectivity index (χ2n) is 5.60. The number of nitrogens with two attached hydrogens (primary N) is 1. The molecule has 0 amide bonds. The standard InChI is InChI=1S/C13H14ClFN4O2/c1-13(2,3)11-10(19(20)21)12(16)18(17-11)7-4-5-8(14)9(15)6-7/h4-6H,16H2,1-3H3. The van der Waals surface area contributed by atoms with Crippen molar-refractivity contribution in [1.82, 2.24) is 9.78 Å². The lowest BCUT2D eigenvalue weighted by Gasteiger charge is -2.13. The molecule has 0 fully saturated rings. The third-order valence-electron chi connectivity index (χ3n) is 2.94. The summed E-state index contributed by atoms with van der Waals surface area (Å²) in [5.74, 6) is -0.796. The molecular weight excluding hydrogens is 299 g/mol. The molecule has 1 heterocycles. The highest BCUT2D eigenvalue weighted by Crippen LogP contribution is 2.36. The van der Waals surface area contributed by atoms with E-state index < -0.39 is 16.2 Å². The Bertz CT molecular complexity index is 722. The van der Waals surface area contributed by atoms with Crippen LogP contribution in [0.25, 0.3) is 5.69 Å². The number of nitrogens with zero attached hydrogens (tertiary/aromatic N) is 3. The topological polar surface area (TPSA) is 87.0 Å². The summed E-state index contributed by atoms with van der Waals surface area (Å²) in [6.07, 6.45) is 0. The van der Waals surface area contributed by atoms with Crippen LogP contribution in [0, 0.1) is 15.9 Å². The lowest BCUT2D eigenvalue weighted by Crippen LogP contribution is -2.14. The van der Waals surface area contributed by atoms with Crippen molar-refractivity contribution in [3.8, 4) is 5.69 Å². The van der Waals surface area contributed by atoms with Crippen molar-refractivity contribution in [1.29, 1.82) is 0 Å². The molecule has 2 N–H and O–H groups in total. The lowest BCUT2D eigenvalue weighted by molar-refractivity contribution is -0.385. The zero-order valence-electron chi connectivity index (χ0n) is 11.7. The molecule has 6 nitrogen and oxygen atoms in total. The van der Waals surface area contributed by atoms with Gasteiger partial charge in [0.1, 0.15) is 11.5 Å². The predicted molar refractivity (Wildman–Crippen MR) is 78.3 cm³/mol. The van der Waals surface area contributed by atoms with E-state index in [1.807, 2.05) is 0 Å². The van der Waals surface area contributed by atoms with Crippen molar-refractivity contribution in [3.05, 3.63) is 44.8 Å². The maximum absolute atomic E-state index is 13.5.